The summed E-state index contributed by atoms with van der Waals surface area (Å²) in [4.78, 5) is 24.4. The van der Waals surface area contributed by atoms with Crippen LogP contribution in [0.4, 0.5) is 5.69 Å². The molecule has 0 saturated carbocycles. The smallest absolute Gasteiger partial charge is 0.344 e. The lowest BCUT2D eigenvalue weighted by Gasteiger charge is -2.16. The topological polar surface area (TPSA) is 64.6 Å². The predicted molar refractivity (Wildman–Crippen MR) is 94.7 cm³/mol. The molecule has 130 valence electrons. The van der Waals surface area contributed by atoms with Gasteiger partial charge >= 0.3 is 5.97 Å². The molecule has 1 N–H and O–H groups in total. The maximum absolute atomic E-state index is 12.3. The van der Waals surface area contributed by atoms with Crippen molar-refractivity contribution in [3.8, 4) is 5.75 Å². The summed E-state index contributed by atoms with van der Waals surface area (Å²) in [5, 5.41) is 2.81. The van der Waals surface area contributed by atoms with Crippen LogP contribution in [-0.4, -0.2) is 24.6 Å². The molecule has 1 aliphatic heterocycles. The van der Waals surface area contributed by atoms with Crippen molar-refractivity contribution in [3.63, 3.8) is 0 Å². The molecule has 2 aromatic carbocycles. The van der Waals surface area contributed by atoms with Gasteiger partial charge in [-0.1, -0.05) is 36.4 Å². The molecular formula is C20H21NO4. The zero-order valence-electron chi connectivity index (χ0n) is 14.4. The van der Waals surface area contributed by atoms with Crippen molar-refractivity contribution >= 4 is 17.6 Å². The van der Waals surface area contributed by atoms with Crippen LogP contribution in [0.3, 0.4) is 0 Å². The molecule has 1 amide bonds. The van der Waals surface area contributed by atoms with E-state index in [2.05, 4.69) is 5.32 Å². The largest absolute Gasteiger partial charge is 0.481 e. The summed E-state index contributed by atoms with van der Waals surface area (Å²) in [5.41, 5.74) is 3.73. The van der Waals surface area contributed by atoms with Crippen LogP contribution >= 0.6 is 0 Å². The highest BCUT2D eigenvalue weighted by Crippen LogP contribution is 2.24. The molecule has 0 bridgehead atoms. The Morgan fingerprint density at radius 3 is 2.60 bits per heavy atom. The number of fused-ring (bicyclic) bond motifs is 1. The lowest BCUT2D eigenvalue weighted by atomic mass is 10.1. The van der Waals surface area contributed by atoms with Crippen molar-refractivity contribution < 1.29 is 19.1 Å². The summed E-state index contributed by atoms with van der Waals surface area (Å²) in [6, 6.07) is 13.4. The Kier molecular flexibility index (Phi) is 5.03. The van der Waals surface area contributed by atoms with E-state index in [9.17, 15) is 9.59 Å². The van der Waals surface area contributed by atoms with Crippen LogP contribution in [0.5, 0.6) is 5.75 Å². The molecule has 1 atom stereocenters. The zero-order valence-corrected chi connectivity index (χ0v) is 14.4. The van der Waals surface area contributed by atoms with Crippen molar-refractivity contribution in [1.29, 1.82) is 0 Å². The van der Waals surface area contributed by atoms with Crippen LogP contribution < -0.4 is 10.1 Å². The molecule has 0 spiro atoms. The van der Waals surface area contributed by atoms with Gasteiger partial charge in [0.05, 0.1) is 0 Å². The Morgan fingerprint density at radius 2 is 1.84 bits per heavy atom. The Labute approximate surface area is 147 Å². The van der Waals surface area contributed by atoms with Crippen molar-refractivity contribution in [2.75, 3.05) is 11.9 Å². The molecular weight excluding hydrogens is 318 g/mol. The molecule has 0 fully saturated rings. The van der Waals surface area contributed by atoms with Crippen LogP contribution in [0.15, 0.2) is 42.5 Å². The summed E-state index contributed by atoms with van der Waals surface area (Å²) in [5.74, 6) is -0.170. The summed E-state index contributed by atoms with van der Waals surface area (Å²) >= 11 is 0. The number of aryl methyl sites for hydroxylation is 3. The van der Waals surface area contributed by atoms with Gasteiger partial charge in [-0.15, -0.1) is 0 Å². The number of carbonyl (C=O) groups excluding carboxylic acids is 2. The third-order valence-electron chi connectivity index (χ3n) is 4.26. The van der Waals surface area contributed by atoms with Gasteiger partial charge in [0.1, 0.15) is 5.75 Å². The van der Waals surface area contributed by atoms with Crippen LogP contribution in [0.25, 0.3) is 0 Å². The van der Waals surface area contributed by atoms with Gasteiger partial charge in [0.2, 0.25) is 0 Å². The molecule has 2 aromatic rings. The van der Waals surface area contributed by atoms with Crippen LogP contribution in [0.1, 0.15) is 23.1 Å². The van der Waals surface area contributed by atoms with E-state index in [4.69, 9.17) is 9.47 Å². The van der Waals surface area contributed by atoms with Gasteiger partial charge in [-0.25, -0.2) is 4.79 Å². The third kappa shape index (κ3) is 3.99. The fourth-order valence-electron chi connectivity index (χ4n) is 2.95. The number of esters is 1. The lowest BCUT2D eigenvalue weighted by molar-refractivity contribution is -0.156. The number of hydrogen-bond acceptors (Lipinski definition) is 4. The average molecular weight is 339 g/mol. The number of rotatable bonds is 4. The predicted octanol–water partition coefficient (Wildman–Crippen LogP) is 3.18. The summed E-state index contributed by atoms with van der Waals surface area (Å²) in [6.45, 7) is 3.62. The molecule has 1 aliphatic rings. The van der Waals surface area contributed by atoms with Crippen molar-refractivity contribution in [3.05, 3.63) is 59.2 Å². The molecule has 0 radical (unpaired) electrons. The molecule has 1 heterocycles. The van der Waals surface area contributed by atoms with Crippen molar-refractivity contribution in [1.82, 2.24) is 0 Å². The van der Waals surface area contributed by atoms with Gasteiger partial charge in [0, 0.05) is 5.69 Å². The number of benzene rings is 2. The minimum absolute atomic E-state index is 0.220. The molecule has 3 rings (SSSR count). The SMILES string of the molecule is Cc1cccc(C)c1OCC(=O)O[C@@H]1CCc2ccccc2NC1=O. The summed E-state index contributed by atoms with van der Waals surface area (Å²) in [6.07, 6.45) is 0.323. The highest BCUT2D eigenvalue weighted by molar-refractivity contribution is 5.96. The van der Waals surface area contributed by atoms with Gasteiger partial charge in [-0.2, -0.15) is 0 Å². The van der Waals surface area contributed by atoms with Gasteiger partial charge in [0.15, 0.2) is 12.7 Å². The van der Waals surface area contributed by atoms with E-state index in [0.717, 1.165) is 22.4 Å². The minimum atomic E-state index is -0.804. The van der Waals surface area contributed by atoms with Gasteiger partial charge in [-0.3, -0.25) is 4.79 Å². The fourth-order valence-corrected chi connectivity index (χ4v) is 2.95. The quantitative estimate of drug-likeness (QED) is 0.869. The van der Waals surface area contributed by atoms with E-state index < -0.39 is 12.1 Å². The van der Waals surface area contributed by atoms with Crippen molar-refractivity contribution in [2.24, 2.45) is 0 Å². The van der Waals surface area contributed by atoms with Crippen LogP contribution in [-0.2, 0) is 20.7 Å². The second-order valence-electron chi connectivity index (χ2n) is 6.17. The number of anilines is 1. The molecule has 0 aliphatic carbocycles. The second-order valence-corrected chi connectivity index (χ2v) is 6.17. The number of amides is 1. The molecule has 0 unspecified atom stereocenters. The number of ether oxygens (including phenoxy) is 2. The highest BCUT2D eigenvalue weighted by Gasteiger charge is 2.27. The first kappa shape index (κ1) is 17.0. The number of nitrogens with one attached hydrogen (secondary N) is 1. The van der Waals surface area contributed by atoms with Crippen LogP contribution in [0.2, 0.25) is 0 Å². The molecule has 0 saturated heterocycles. The third-order valence-corrected chi connectivity index (χ3v) is 4.26. The molecule has 25 heavy (non-hydrogen) atoms. The van der Waals surface area contributed by atoms with Gasteiger partial charge < -0.3 is 14.8 Å². The van der Waals surface area contributed by atoms with E-state index in [1.807, 2.05) is 56.3 Å². The first-order valence-corrected chi connectivity index (χ1v) is 8.32. The first-order valence-electron chi connectivity index (χ1n) is 8.32. The maximum Gasteiger partial charge on any atom is 0.344 e. The Bertz CT molecular complexity index is 780. The van der Waals surface area contributed by atoms with E-state index in [1.54, 1.807) is 0 Å². The van der Waals surface area contributed by atoms with Gasteiger partial charge in [0.25, 0.3) is 5.91 Å². The van der Waals surface area contributed by atoms with E-state index in [-0.39, 0.29) is 12.5 Å². The standard InChI is InChI=1S/C20H21NO4/c1-13-6-5-7-14(2)19(13)24-12-18(22)25-17-11-10-15-8-3-4-9-16(15)21-20(17)23/h3-9,17H,10-12H2,1-2H3,(H,21,23)/t17-/m1/s1. The van der Waals surface area contributed by atoms with E-state index in [1.165, 1.54) is 0 Å². The molecule has 5 nitrogen and oxygen atoms in total. The Morgan fingerprint density at radius 1 is 1.12 bits per heavy atom. The average Bonchev–Trinajstić information content (AvgIpc) is 2.74. The normalized spacial score (nSPS) is 16.4. The second kappa shape index (κ2) is 7.38. The Hall–Kier alpha value is -2.82. The fraction of sp³-hybridized carbons (Fsp3) is 0.300. The van der Waals surface area contributed by atoms with Crippen molar-refractivity contribution in [2.45, 2.75) is 32.8 Å². The Balaban J connectivity index is 1.59. The summed E-state index contributed by atoms with van der Waals surface area (Å²) < 4.78 is 10.9. The zero-order chi connectivity index (χ0) is 17.8. The highest BCUT2D eigenvalue weighted by atomic mass is 16.6. The van der Waals surface area contributed by atoms with Gasteiger partial charge in [-0.05, 0) is 49.4 Å². The monoisotopic (exact) mass is 339 g/mol. The first-order chi connectivity index (χ1) is 12.0. The maximum atomic E-state index is 12.3. The molecule has 5 heteroatoms. The number of para-hydroxylation sites is 2. The number of carbonyl (C=O) groups is 2. The van der Waals surface area contributed by atoms with E-state index in [0.29, 0.717) is 18.6 Å². The lowest BCUT2D eigenvalue weighted by Crippen LogP contribution is -2.33. The van der Waals surface area contributed by atoms with Crippen LogP contribution in [0, 0.1) is 13.8 Å². The number of hydrogen-bond donors (Lipinski definition) is 1. The summed E-state index contributed by atoms with van der Waals surface area (Å²) in [7, 11) is 0. The minimum Gasteiger partial charge on any atom is -0.481 e. The van der Waals surface area contributed by atoms with E-state index >= 15 is 0 Å². The molecule has 0 aromatic heterocycles.